The number of aryl methyl sites for hydroxylation is 1. The summed E-state index contributed by atoms with van der Waals surface area (Å²) in [6.45, 7) is 4.37. The third-order valence-corrected chi connectivity index (χ3v) is 3.50. The highest BCUT2D eigenvalue weighted by molar-refractivity contribution is 5.96. The lowest BCUT2D eigenvalue weighted by atomic mass is 10.1. The van der Waals surface area contributed by atoms with Gasteiger partial charge >= 0.3 is 0 Å². The number of rotatable bonds is 4. The molecule has 4 heteroatoms. The van der Waals surface area contributed by atoms with Gasteiger partial charge in [0.2, 0.25) is 5.91 Å². The van der Waals surface area contributed by atoms with Gasteiger partial charge in [0.05, 0.1) is 12.1 Å². The van der Waals surface area contributed by atoms with E-state index in [0.717, 1.165) is 16.8 Å². The largest absolute Gasteiger partial charge is 0.508 e. The highest BCUT2D eigenvalue weighted by Gasteiger charge is 2.17. The van der Waals surface area contributed by atoms with Gasteiger partial charge in [0.25, 0.3) is 0 Å². The lowest BCUT2D eigenvalue weighted by molar-refractivity contribution is -0.117. The number of nitrogens with zero attached hydrogens (tertiary/aromatic N) is 1. The molecule has 0 bridgehead atoms. The molecule has 0 aliphatic carbocycles. The zero-order valence-electron chi connectivity index (χ0n) is 12.3. The van der Waals surface area contributed by atoms with E-state index in [-0.39, 0.29) is 18.1 Å². The summed E-state index contributed by atoms with van der Waals surface area (Å²) < 4.78 is 0. The quantitative estimate of drug-likeness (QED) is 0.848. The third-order valence-electron chi connectivity index (χ3n) is 3.50. The molecule has 0 spiro atoms. The lowest BCUT2D eigenvalue weighted by Gasteiger charge is -2.23. The van der Waals surface area contributed by atoms with Crippen molar-refractivity contribution in [3.05, 3.63) is 53.6 Å². The fraction of sp³-hybridized carbons (Fsp3) is 0.235. The minimum atomic E-state index is -0.0379. The molecule has 0 saturated carbocycles. The van der Waals surface area contributed by atoms with Crippen molar-refractivity contribution in [1.82, 2.24) is 0 Å². The number of amides is 1. The zero-order chi connectivity index (χ0) is 15.4. The number of nitrogens with two attached hydrogens (primary N) is 1. The Morgan fingerprint density at radius 2 is 1.95 bits per heavy atom. The Labute approximate surface area is 124 Å². The summed E-state index contributed by atoms with van der Waals surface area (Å²) in [7, 11) is 0. The predicted molar refractivity (Wildman–Crippen MR) is 85.4 cm³/mol. The van der Waals surface area contributed by atoms with Crippen molar-refractivity contribution < 1.29 is 9.90 Å². The van der Waals surface area contributed by atoms with Crippen LogP contribution in [-0.2, 0) is 11.2 Å². The number of nitrogen functional groups attached to an aromatic ring is 1. The van der Waals surface area contributed by atoms with Gasteiger partial charge < -0.3 is 15.7 Å². The third kappa shape index (κ3) is 3.34. The van der Waals surface area contributed by atoms with Crippen LogP contribution in [0.4, 0.5) is 11.4 Å². The number of anilines is 2. The van der Waals surface area contributed by atoms with Crippen molar-refractivity contribution in [1.29, 1.82) is 0 Å². The fourth-order valence-corrected chi connectivity index (χ4v) is 2.32. The molecule has 3 N–H and O–H groups in total. The Balaban J connectivity index is 2.27. The number of phenolic OH excluding ortho intramolecular Hbond substituents is 1. The van der Waals surface area contributed by atoms with Gasteiger partial charge in [0.1, 0.15) is 5.75 Å². The average molecular weight is 284 g/mol. The van der Waals surface area contributed by atoms with Gasteiger partial charge in [0.15, 0.2) is 0 Å². The second-order valence-electron chi connectivity index (χ2n) is 4.98. The number of phenols is 1. The molecule has 21 heavy (non-hydrogen) atoms. The first-order valence-electron chi connectivity index (χ1n) is 6.96. The molecule has 4 nitrogen and oxygen atoms in total. The molecule has 0 aliphatic heterocycles. The Morgan fingerprint density at radius 1 is 1.24 bits per heavy atom. The second kappa shape index (κ2) is 6.31. The Kier molecular flexibility index (Phi) is 4.48. The zero-order valence-corrected chi connectivity index (χ0v) is 12.3. The van der Waals surface area contributed by atoms with Crippen LogP contribution in [0.25, 0.3) is 0 Å². The van der Waals surface area contributed by atoms with Crippen molar-refractivity contribution in [3.8, 4) is 5.75 Å². The van der Waals surface area contributed by atoms with E-state index < -0.39 is 0 Å². The smallest absolute Gasteiger partial charge is 0.231 e. The number of benzene rings is 2. The summed E-state index contributed by atoms with van der Waals surface area (Å²) in [5.41, 5.74) is 9.01. The number of aromatic hydroxyl groups is 1. The molecular weight excluding hydrogens is 264 g/mol. The molecule has 2 aromatic carbocycles. The fourth-order valence-electron chi connectivity index (χ4n) is 2.32. The molecule has 2 aromatic rings. The molecular formula is C17H20N2O2. The molecule has 1 amide bonds. The molecule has 0 radical (unpaired) electrons. The summed E-state index contributed by atoms with van der Waals surface area (Å²) in [5.74, 6) is 0.116. The van der Waals surface area contributed by atoms with Crippen molar-refractivity contribution in [3.63, 3.8) is 0 Å². The van der Waals surface area contributed by atoms with Gasteiger partial charge in [0, 0.05) is 18.3 Å². The van der Waals surface area contributed by atoms with Crippen LogP contribution in [-0.4, -0.2) is 17.6 Å². The van der Waals surface area contributed by atoms with Gasteiger partial charge in [-0.3, -0.25) is 4.79 Å². The van der Waals surface area contributed by atoms with Crippen molar-refractivity contribution in [2.75, 3.05) is 17.2 Å². The normalized spacial score (nSPS) is 10.4. The Morgan fingerprint density at radius 3 is 2.62 bits per heavy atom. The van der Waals surface area contributed by atoms with Crippen molar-refractivity contribution in [2.45, 2.75) is 20.3 Å². The molecule has 0 aromatic heterocycles. The Bertz CT molecular complexity index is 653. The highest BCUT2D eigenvalue weighted by atomic mass is 16.3. The van der Waals surface area contributed by atoms with Gasteiger partial charge in [-0.1, -0.05) is 24.3 Å². The van der Waals surface area contributed by atoms with Gasteiger partial charge in [-0.2, -0.15) is 0 Å². The highest BCUT2D eigenvalue weighted by Crippen LogP contribution is 2.26. The number of carbonyl (C=O) groups is 1. The molecule has 0 saturated heterocycles. The van der Waals surface area contributed by atoms with E-state index in [9.17, 15) is 9.90 Å². The summed E-state index contributed by atoms with van der Waals surface area (Å²) in [6.07, 6.45) is 0.246. The number of para-hydroxylation sites is 1. The molecule has 0 atom stereocenters. The first-order chi connectivity index (χ1) is 10.0. The van der Waals surface area contributed by atoms with Crippen LogP contribution in [0.15, 0.2) is 42.5 Å². The summed E-state index contributed by atoms with van der Waals surface area (Å²) in [4.78, 5) is 14.2. The summed E-state index contributed by atoms with van der Waals surface area (Å²) in [6, 6.07) is 12.4. The van der Waals surface area contributed by atoms with Crippen LogP contribution in [0.3, 0.4) is 0 Å². The first kappa shape index (κ1) is 14.9. The number of hydrogen-bond acceptors (Lipinski definition) is 3. The minimum Gasteiger partial charge on any atom is -0.508 e. The van der Waals surface area contributed by atoms with Gasteiger partial charge in [-0.25, -0.2) is 0 Å². The van der Waals surface area contributed by atoms with Gasteiger partial charge in [-0.05, 0) is 37.1 Å². The van der Waals surface area contributed by atoms with E-state index in [4.69, 9.17) is 5.73 Å². The standard InChI is InChI=1S/C17H20N2O2/c1-3-19(16-11-14(20)9-8-12(16)2)17(21)10-13-6-4-5-7-15(13)18/h4-9,11,20H,3,10,18H2,1-2H3. The molecule has 0 heterocycles. The van der Waals surface area contributed by atoms with E-state index in [1.165, 1.54) is 0 Å². The number of likely N-dealkylation sites (N-methyl/N-ethyl adjacent to an activating group) is 1. The molecule has 0 fully saturated rings. The van der Waals surface area contributed by atoms with Crippen LogP contribution in [0.1, 0.15) is 18.1 Å². The lowest BCUT2D eigenvalue weighted by Crippen LogP contribution is -2.32. The average Bonchev–Trinajstić information content (AvgIpc) is 2.46. The maximum absolute atomic E-state index is 12.5. The van der Waals surface area contributed by atoms with E-state index >= 15 is 0 Å². The molecule has 2 rings (SSSR count). The van der Waals surface area contributed by atoms with Crippen molar-refractivity contribution in [2.24, 2.45) is 0 Å². The molecule has 110 valence electrons. The van der Waals surface area contributed by atoms with Crippen LogP contribution >= 0.6 is 0 Å². The van der Waals surface area contributed by atoms with Crippen LogP contribution in [0.2, 0.25) is 0 Å². The number of carbonyl (C=O) groups excluding carboxylic acids is 1. The number of hydrogen-bond donors (Lipinski definition) is 2. The second-order valence-corrected chi connectivity index (χ2v) is 4.98. The maximum atomic E-state index is 12.5. The van der Waals surface area contributed by atoms with E-state index in [1.807, 2.05) is 32.0 Å². The molecule has 0 aliphatic rings. The first-order valence-corrected chi connectivity index (χ1v) is 6.96. The summed E-state index contributed by atoms with van der Waals surface area (Å²) in [5, 5.41) is 9.64. The molecule has 0 unspecified atom stereocenters. The van der Waals surface area contributed by atoms with Crippen LogP contribution in [0.5, 0.6) is 5.75 Å². The van der Waals surface area contributed by atoms with E-state index in [1.54, 1.807) is 29.2 Å². The Hall–Kier alpha value is -2.49. The topological polar surface area (TPSA) is 66.6 Å². The van der Waals surface area contributed by atoms with Crippen molar-refractivity contribution >= 4 is 17.3 Å². The predicted octanol–water partition coefficient (Wildman–Crippen LogP) is 2.88. The van der Waals surface area contributed by atoms with Crippen LogP contribution < -0.4 is 10.6 Å². The van der Waals surface area contributed by atoms with Crippen LogP contribution in [0, 0.1) is 6.92 Å². The monoisotopic (exact) mass is 284 g/mol. The van der Waals surface area contributed by atoms with E-state index in [0.29, 0.717) is 12.2 Å². The van der Waals surface area contributed by atoms with E-state index in [2.05, 4.69) is 0 Å². The summed E-state index contributed by atoms with van der Waals surface area (Å²) >= 11 is 0. The maximum Gasteiger partial charge on any atom is 0.231 e. The SMILES string of the molecule is CCN(C(=O)Cc1ccccc1N)c1cc(O)ccc1C. The van der Waals surface area contributed by atoms with Gasteiger partial charge in [-0.15, -0.1) is 0 Å². The minimum absolute atomic E-state index is 0.0379.